The van der Waals surface area contributed by atoms with E-state index in [4.69, 9.17) is 9.84 Å². The maximum absolute atomic E-state index is 13.1. The summed E-state index contributed by atoms with van der Waals surface area (Å²) in [6.07, 6.45) is -3.60. The van der Waals surface area contributed by atoms with Gasteiger partial charge in [-0.2, -0.15) is 13.2 Å². The first-order chi connectivity index (χ1) is 12.2. The molecule has 1 atom stereocenters. The number of nitrogens with zero attached hydrogens (tertiary/aromatic N) is 3. The number of amides is 1. The lowest BCUT2D eigenvalue weighted by Crippen LogP contribution is -2.41. The number of carboxylic acid groups (broad SMARTS) is 1. The van der Waals surface area contributed by atoms with Gasteiger partial charge in [-0.05, 0) is 12.1 Å². The number of para-hydroxylation sites is 1. The molecule has 0 aliphatic heterocycles. The highest BCUT2D eigenvalue weighted by Crippen LogP contribution is 2.33. The van der Waals surface area contributed by atoms with Crippen molar-refractivity contribution in [2.75, 3.05) is 13.7 Å². The number of ether oxygens (including phenoxy) is 1. The number of benzene rings is 1. The predicted molar refractivity (Wildman–Crippen MR) is 81.7 cm³/mol. The molecule has 0 saturated carbocycles. The Morgan fingerprint density at radius 2 is 2.04 bits per heavy atom. The van der Waals surface area contributed by atoms with Crippen LogP contribution >= 0.6 is 0 Å². The lowest BCUT2D eigenvalue weighted by atomic mass is 10.1. The van der Waals surface area contributed by atoms with E-state index >= 15 is 0 Å². The normalized spacial score (nSPS) is 12.6. The molecule has 1 unspecified atom stereocenters. The second kappa shape index (κ2) is 7.95. The average molecular weight is 372 g/mol. The predicted octanol–water partition coefficient (Wildman–Crippen LogP) is 1.51. The third kappa shape index (κ3) is 4.57. The number of carbonyl (C=O) groups is 2. The Balaban J connectivity index is 2.22. The molecule has 0 aliphatic rings. The summed E-state index contributed by atoms with van der Waals surface area (Å²) in [5, 5.41) is 18.3. The molecular formula is C15H15F3N4O4. The van der Waals surface area contributed by atoms with Crippen LogP contribution in [-0.2, 0) is 15.7 Å². The van der Waals surface area contributed by atoms with Crippen LogP contribution in [0.1, 0.15) is 22.5 Å². The molecule has 1 aromatic heterocycles. The molecule has 26 heavy (non-hydrogen) atoms. The van der Waals surface area contributed by atoms with E-state index in [1.807, 2.05) is 0 Å². The van der Waals surface area contributed by atoms with E-state index in [0.29, 0.717) is 0 Å². The van der Waals surface area contributed by atoms with E-state index in [1.54, 1.807) is 0 Å². The first kappa shape index (κ1) is 19.4. The van der Waals surface area contributed by atoms with Gasteiger partial charge in [-0.15, -0.1) is 5.10 Å². The molecule has 0 aliphatic carbocycles. The largest absolute Gasteiger partial charge is 0.480 e. The molecule has 1 aromatic carbocycles. The molecule has 2 rings (SSSR count). The summed E-state index contributed by atoms with van der Waals surface area (Å²) in [5.74, 6) is -2.14. The van der Waals surface area contributed by atoms with Crippen molar-refractivity contribution in [3.63, 3.8) is 0 Å². The third-order valence-electron chi connectivity index (χ3n) is 3.40. The zero-order valence-corrected chi connectivity index (χ0v) is 13.5. The molecule has 0 fully saturated rings. The maximum Gasteiger partial charge on any atom is 0.418 e. The first-order valence-corrected chi connectivity index (χ1v) is 7.35. The van der Waals surface area contributed by atoms with Gasteiger partial charge in [0.05, 0.1) is 17.4 Å². The molecule has 2 aromatic rings. The van der Waals surface area contributed by atoms with Crippen LogP contribution in [-0.4, -0.2) is 51.7 Å². The van der Waals surface area contributed by atoms with Gasteiger partial charge in [0, 0.05) is 20.1 Å². The molecule has 0 saturated heterocycles. The Bertz CT molecular complexity index is 791. The van der Waals surface area contributed by atoms with E-state index in [2.05, 4.69) is 15.6 Å². The number of rotatable bonds is 7. The number of aromatic nitrogens is 3. The summed E-state index contributed by atoms with van der Waals surface area (Å²) in [4.78, 5) is 23.2. The molecule has 0 spiro atoms. The number of nitrogens with one attached hydrogen (secondary N) is 1. The number of hydrogen-bond acceptors (Lipinski definition) is 5. The molecule has 8 nitrogen and oxygen atoms in total. The molecule has 2 N–H and O–H groups in total. The summed E-state index contributed by atoms with van der Waals surface area (Å²) < 4.78 is 44.8. The number of methoxy groups -OCH3 is 1. The van der Waals surface area contributed by atoms with Crippen molar-refractivity contribution < 1.29 is 32.6 Å². The maximum atomic E-state index is 13.1. The van der Waals surface area contributed by atoms with Crippen molar-refractivity contribution in [2.24, 2.45) is 0 Å². The standard InChI is InChI=1S/C15H15F3N4O4/c1-26-7-6-10(14(24)25)19-13(23)11-8-22(21-20-11)12-5-3-2-4-9(12)15(16,17)18/h2-5,8,10H,6-7H2,1H3,(H,19,23)(H,24,25). The fraction of sp³-hybridized carbons (Fsp3) is 0.333. The van der Waals surface area contributed by atoms with E-state index in [0.717, 1.165) is 16.9 Å². The van der Waals surface area contributed by atoms with Gasteiger partial charge >= 0.3 is 12.1 Å². The average Bonchev–Trinajstić information content (AvgIpc) is 3.07. The summed E-state index contributed by atoms with van der Waals surface area (Å²) in [5.41, 5.74) is -1.56. The minimum Gasteiger partial charge on any atom is -0.480 e. The number of carboxylic acids is 1. The van der Waals surface area contributed by atoms with Gasteiger partial charge in [-0.25, -0.2) is 9.48 Å². The van der Waals surface area contributed by atoms with Crippen molar-refractivity contribution in [1.82, 2.24) is 20.3 Å². The quantitative estimate of drug-likeness (QED) is 0.763. The first-order valence-electron chi connectivity index (χ1n) is 7.35. The molecule has 0 radical (unpaired) electrons. The summed E-state index contributed by atoms with van der Waals surface area (Å²) in [7, 11) is 1.38. The van der Waals surface area contributed by atoms with Crippen molar-refractivity contribution in [1.29, 1.82) is 0 Å². The van der Waals surface area contributed by atoms with Crippen molar-refractivity contribution in [3.8, 4) is 5.69 Å². The molecular weight excluding hydrogens is 357 g/mol. The van der Waals surface area contributed by atoms with E-state index in [-0.39, 0.29) is 24.4 Å². The van der Waals surface area contributed by atoms with Crippen LogP contribution in [0.4, 0.5) is 13.2 Å². The highest BCUT2D eigenvalue weighted by atomic mass is 19.4. The second-order valence-corrected chi connectivity index (χ2v) is 5.21. The summed E-state index contributed by atoms with van der Waals surface area (Å²) in [6, 6.07) is 3.44. The fourth-order valence-electron chi connectivity index (χ4n) is 2.12. The fourth-order valence-corrected chi connectivity index (χ4v) is 2.12. The number of alkyl halides is 3. The number of carbonyl (C=O) groups excluding carboxylic acids is 1. The molecule has 140 valence electrons. The lowest BCUT2D eigenvalue weighted by molar-refractivity contribution is -0.140. The monoisotopic (exact) mass is 372 g/mol. The van der Waals surface area contributed by atoms with Crippen molar-refractivity contribution >= 4 is 11.9 Å². The van der Waals surface area contributed by atoms with Crippen LogP contribution in [0.2, 0.25) is 0 Å². The summed E-state index contributed by atoms with van der Waals surface area (Å²) >= 11 is 0. The van der Waals surface area contributed by atoms with Gasteiger partial charge in [-0.3, -0.25) is 4.79 Å². The Labute approximate surface area is 145 Å². The number of aliphatic carboxylic acids is 1. The van der Waals surface area contributed by atoms with Crippen LogP contribution in [0.25, 0.3) is 5.69 Å². The van der Waals surface area contributed by atoms with E-state index in [9.17, 15) is 22.8 Å². The van der Waals surface area contributed by atoms with Gasteiger partial charge in [0.1, 0.15) is 6.04 Å². The minimum absolute atomic E-state index is 0.0165. The zero-order chi connectivity index (χ0) is 19.3. The highest BCUT2D eigenvalue weighted by molar-refractivity contribution is 5.94. The van der Waals surface area contributed by atoms with Crippen LogP contribution in [0.3, 0.4) is 0 Å². The van der Waals surface area contributed by atoms with E-state index in [1.165, 1.54) is 25.3 Å². The molecule has 11 heteroatoms. The molecule has 1 heterocycles. The number of hydrogen-bond donors (Lipinski definition) is 2. The van der Waals surface area contributed by atoms with Crippen LogP contribution in [0.15, 0.2) is 30.5 Å². The van der Waals surface area contributed by atoms with Gasteiger partial charge < -0.3 is 15.2 Å². The van der Waals surface area contributed by atoms with Gasteiger partial charge in [0.2, 0.25) is 0 Å². The van der Waals surface area contributed by atoms with Crippen LogP contribution < -0.4 is 5.32 Å². The van der Waals surface area contributed by atoms with Crippen LogP contribution in [0, 0.1) is 0 Å². The van der Waals surface area contributed by atoms with Crippen molar-refractivity contribution in [3.05, 3.63) is 41.7 Å². The third-order valence-corrected chi connectivity index (χ3v) is 3.40. The smallest absolute Gasteiger partial charge is 0.418 e. The Hall–Kier alpha value is -2.95. The van der Waals surface area contributed by atoms with Crippen molar-refractivity contribution in [2.45, 2.75) is 18.6 Å². The Kier molecular flexibility index (Phi) is 5.93. The van der Waals surface area contributed by atoms with E-state index < -0.39 is 29.7 Å². The molecule has 0 bridgehead atoms. The van der Waals surface area contributed by atoms with Crippen LogP contribution in [0.5, 0.6) is 0 Å². The Morgan fingerprint density at radius 1 is 1.35 bits per heavy atom. The minimum atomic E-state index is -4.61. The second-order valence-electron chi connectivity index (χ2n) is 5.21. The zero-order valence-electron chi connectivity index (χ0n) is 13.5. The topological polar surface area (TPSA) is 106 Å². The SMILES string of the molecule is COCCC(NC(=O)c1cn(-c2ccccc2C(F)(F)F)nn1)C(=O)O. The van der Waals surface area contributed by atoms with Gasteiger partial charge in [-0.1, -0.05) is 17.3 Å². The number of halogens is 3. The summed E-state index contributed by atoms with van der Waals surface area (Å²) in [6.45, 7) is 0.100. The Morgan fingerprint density at radius 3 is 2.65 bits per heavy atom. The lowest BCUT2D eigenvalue weighted by Gasteiger charge is -2.13. The van der Waals surface area contributed by atoms with Gasteiger partial charge in [0.25, 0.3) is 5.91 Å². The highest BCUT2D eigenvalue weighted by Gasteiger charge is 2.34. The van der Waals surface area contributed by atoms with Gasteiger partial charge in [0.15, 0.2) is 5.69 Å². The molecule has 1 amide bonds.